The van der Waals surface area contributed by atoms with Crippen LogP contribution in [0.3, 0.4) is 0 Å². The number of nitrogens with one attached hydrogen (secondary N) is 1. The number of carbonyl (C=O) groups excluding carboxylic acids is 2. The number of rotatable bonds is 4. The zero-order chi connectivity index (χ0) is 18.5. The highest BCUT2D eigenvalue weighted by molar-refractivity contribution is 6.44. The second-order valence-electron chi connectivity index (χ2n) is 6.58. The predicted molar refractivity (Wildman–Crippen MR) is 106 cm³/mol. The summed E-state index contributed by atoms with van der Waals surface area (Å²) in [6.45, 7) is 6.41. The van der Waals surface area contributed by atoms with Crippen molar-refractivity contribution in [1.82, 2.24) is 0 Å². The highest BCUT2D eigenvalue weighted by Gasteiger charge is 2.22. The van der Waals surface area contributed by atoms with E-state index in [2.05, 4.69) is 10.2 Å². The van der Waals surface area contributed by atoms with Crippen molar-refractivity contribution < 1.29 is 9.59 Å². The van der Waals surface area contributed by atoms with Crippen LogP contribution < -0.4 is 15.1 Å². The van der Waals surface area contributed by atoms with Gasteiger partial charge in [-0.25, -0.2) is 0 Å². The summed E-state index contributed by atoms with van der Waals surface area (Å²) < 4.78 is 0. The first-order chi connectivity index (χ1) is 12.6. The van der Waals surface area contributed by atoms with Gasteiger partial charge in [-0.3, -0.25) is 9.59 Å². The summed E-state index contributed by atoms with van der Waals surface area (Å²) in [5, 5.41) is 2.71. The Hall–Kier alpha value is -2.82. The van der Waals surface area contributed by atoms with Gasteiger partial charge in [0.15, 0.2) is 0 Å². The van der Waals surface area contributed by atoms with E-state index < -0.39 is 11.8 Å². The van der Waals surface area contributed by atoms with Crippen molar-refractivity contribution in [1.29, 1.82) is 0 Å². The summed E-state index contributed by atoms with van der Waals surface area (Å²) in [6, 6.07) is 15.3. The van der Waals surface area contributed by atoms with Gasteiger partial charge in [0.1, 0.15) is 0 Å². The molecule has 1 N–H and O–H groups in total. The minimum Gasteiger partial charge on any atom is -0.372 e. The fourth-order valence-corrected chi connectivity index (χ4v) is 3.28. The number of anilines is 3. The highest BCUT2D eigenvalue weighted by Crippen LogP contribution is 2.22. The van der Waals surface area contributed by atoms with Gasteiger partial charge in [0.2, 0.25) is 0 Å². The maximum atomic E-state index is 12.6. The Morgan fingerprint density at radius 1 is 1.08 bits per heavy atom. The van der Waals surface area contributed by atoms with Gasteiger partial charge in [-0.05, 0) is 68.7 Å². The molecule has 5 nitrogen and oxygen atoms in total. The molecule has 0 aromatic heterocycles. The maximum Gasteiger partial charge on any atom is 0.316 e. The van der Waals surface area contributed by atoms with E-state index in [0.717, 1.165) is 30.0 Å². The van der Waals surface area contributed by atoms with E-state index in [1.807, 2.05) is 62.4 Å². The zero-order valence-corrected chi connectivity index (χ0v) is 15.4. The van der Waals surface area contributed by atoms with Crippen molar-refractivity contribution in [2.45, 2.75) is 26.7 Å². The molecule has 2 aromatic carbocycles. The lowest BCUT2D eigenvalue weighted by Gasteiger charge is -2.21. The molecule has 1 aliphatic rings. The Bertz CT molecular complexity index is 780. The van der Waals surface area contributed by atoms with Crippen molar-refractivity contribution in [3.63, 3.8) is 0 Å². The van der Waals surface area contributed by atoms with Crippen LogP contribution in [0.2, 0.25) is 0 Å². The Morgan fingerprint density at radius 2 is 1.77 bits per heavy atom. The van der Waals surface area contributed by atoms with Crippen LogP contribution in [-0.4, -0.2) is 31.4 Å². The average Bonchev–Trinajstić information content (AvgIpc) is 3.17. The minimum atomic E-state index is -0.623. The van der Waals surface area contributed by atoms with Gasteiger partial charge in [0.05, 0.1) is 0 Å². The van der Waals surface area contributed by atoms with Crippen LogP contribution in [0.15, 0.2) is 48.5 Å². The fourth-order valence-electron chi connectivity index (χ4n) is 3.28. The third kappa shape index (κ3) is 4.04. The molecular weight excluding hydrogens is 326 g/mol. The van der Waals surface area contributed by atoms with Crippen LogP contribution in [0, 0.1) is 6.92 Å². The molecule has 0 saturated carbocycles. The minimum absolute atomic E-state index is 0.434. The highest BCUT2D eigenvalue weighted by atomic mass is 16.2. The number of benzene rings is 2. The fraction of sp³-hybridized carbons (Fsp3) is 0.333. The van der Waals surface area contributed by atoms with Crippen LogP contribution in [0.1, 0.15) is 25.3 Å². The smallest absolute Gasteiger partial charge is 0.316 e. The third-order valence-electron chi connectivity index (χ3n) is 4.67. The second-order valence-corrected chi connectivity index (χ2v) is 6.58. The standard InChI is InChI=1S/C21H25N3O2/c1-3-24(19-8-6-7-16(2)15-19)21(26)20(25)22-17-9-11-18(12-10-17)23-13-4-5-14-23/h6-12,15H,3-5,13-14H2,1-2H3,(H,22,25). The van der Waals surface area contributed by atoms with Gasteiger partial charge >= 0.3 is 11.8 Å². The lowest BCUT2D eigenvalue weighted by atomic mass is 10.2. The van der Waals surface area contributed by atoms with Gasteiger partial charge < -0.3 is 15.1 Å². The first-order valence-electron chi connectivity index (χ1n) is 9.13. The lowest BCUT2D eigenvalue weighted by Crippen LogP contribution is -2.39. The van der Waals surface area contributed by atoms with Crippen LogP contribution in [0.5, 0.6) is 0 Å². The first kappa shape index (κ1) is 18.0. The van der Waals surface area contributed by atoms with E-state index in [9.17, 15) is 9.59 Å². The number of hydrogen-bond acceptors (Lipinski definition) is 3. The van der Waals surface area contributed by atoms with Crippen molar-refractivity contribution in [2.75, 3.05) is 34.8 Å². The van der Waals surface area contributed by atoms with Gasteiger partial charge in [-0.2, -0.15) is 0 Å². The van der Waals surface area contributed by atoms with Crippen molar-refractivity contribution in [2.24, 2.45) is 0 Å². The van der Waals surface area contributed by atoms with Crippen molar-refractivity contribution in [3.8, 4) is 0 Å². The second kappa shape index (κ2) is 8.04. The SMILES string of the molecule is CCN(C(=O)C(=O)Nc1ccc(N2CCCC2)cc1)c1cccc(C)c1. The third-order valence-corrected chi connectivity index (χ3v) is 4.67. The zero-order valence-electron chi connectivity index (χ0n) is 15.4. The molecule has 26 heavy (non-hydrogen) atoms. The summed E-state index contributed by atoms with van der Waals surface area (Å²) in [5.74, 6) is -1.18. The van der Waals surface area contributed by atoms with Crippen LogP contribution >= 0.6 is 0 Å². The van der Waals surface area contributed by atoms with E-state index in [1.165, 1.54) is 17.7 Å². The Labute approximate surface area is 154 Å². The van der Waals surface area contributed by atoms with Gasteiger partial charge in [-0.15, -0.1) is 0 Å². The molecule has 3 rings (SSSR count). The van der Waals surface area contributed by atoms with Crippen molar-refractivity contribution >= 4 is 28.9 Å². The first-order valence-corrected chi connectivity index (χ1v) is 9.13. The summed E-state index contributed by atoms with van der Waals surface area (Å²) in [7, 11) is 0. The molecule has 1 saturated heterocycles. The molecule has 5 heteroatoms. The van der Waals surface area contributed by atoms with Crippen LogP contribution in [0.25, 0.3) is 0 Å². The number of amides is 2. The van der Waals surface area contributed by atoms with Crippen LogP contribution in [-0.2, 0) is 9.59 Å². The molecule has 0 aliphatic carbocycles. The van der Waals surface area contributed by atoms with Crippen molar-refractivity contribution in [3.05, 3.63) is 54.1 Å². The monoisotopic (exact) mass is 351 g/mol. The quantitative estimate of drug-likeness (QED) is 0.857. The number of carbonyl (C=O) groups is 2. The number of nitrogens with zero attached hydrogens (tertiary/aromatic N) is 2. The van der Waals surface area contributed by atoms with E-state index in [0.29, 0.717) is 12.2 Å². The van der Waals surface area contributed by atoms with E-state index in [4.69, 9.17) is 0 Å². The Balaban J connectivity index is 1.67. The Morgan fingerprint density at radius 3 is 2.38 bits per heavy atom. The molecular formula is C21H25N3O2. The largest absolute Gasteiger partial charge is 0.372 e. The normalized spacial score (nSPS) is 13.5. The van der Waals surface area contributed by atoms with Crippen LogP contribution in [0.4, 0.5) is 17.1 Å². The lowest BCUT2D eigenvalue weighted by molar-refractivity contribution is -0.134. The summed E-state index contributed by atoms with van der Waals surface area (Å²) in [5.41, 5.74) is 3.57. The molecule has 0 spiro atoms. The molecule has 0 unspecified atom stereocenters. The molecule has 0 atom stereocenters. The molecule has 2 amide bonds. The summed E-state index contributed by atoms with van der Waals surface area (Å²) >= 11 is 0. The number of aryl methyl sites for hydroxylation is 1. The Kier molecular flexibility index (Phi) is 5.56. The topological polar surface area (TPSA) is 52.7 Å². The van der Waals surface area contributed by atoms with Gasteiger partial charge in [0, 0.05) is 36.7 Å². The molecule has 136 valence electrons. The van der Waals surface area contributed by atoms with E-state index in [-0.39, 0.29) is 0 Å². The summed E-state index contributed by atoms with van der Waals surface area (Å²) in [6.07, 6.45) is 2.44. The molecule has 0 radical (unpaired) electrons. The maximum absolute atomic E-state index is 12.6. The average molecular weight is 351 g/mol. The molecule has 2 aromatic rings. The molecule has 1 heterocycles. The van der Waals surface area contributed by atoms with E-state index >= 15 is 0 Å². The number of likely N-dealkylation sites (N-methyl/N-ethyl adjacent to an activating group) is 1. The van der Waals surface area contributed by atoms with Gasteiger partial charge in [-0.1, -0.05) is 12.1 Å². The summed E-state index contributed by atoms with van der Waals surface area (Å²) in [4.78, 5) is 28.8. The van der Waals surface area contributed by atoms with Gasteiger partial charge in [0.25, 0.3) is 0 Å². The predicted octanol–water partition coefficient (Wildman–Crippen LogP) is 3.59. The molecule has 1 aliphatic heterocycles. The number of hydrogen-bond donors (Lipinski definition) is 1. The molecule has 0 bridgehead atoms. The molecule has 1 fully saturated rings. The van der Waals surface area contributed by atoms with E-state index in [1.54, 1.807) is 0 Å².